The zero-order valence-electron chi connectivity index (χ0n) is 7.73. The molecule has 0 aliphatic carbocycles. The van der Waals surface area contributed by atoms with Crippen molar-refractivity contribution in [2.75, 3.05) is 5.32 Å². The Balaban J connectivity index is 2.32. The van der Waals surface area contributed by atoms with Gasteiger partial charge in [0, 0.05) is 5.39 Å². The minimum atomic E-state index is -0.360. The van der Waals surface area contributed by atoms with Crippen LogP contribution in [0.2, 0.25) is 0 Å². The molecule has 0 aliphatic rings. The van der Waals surface area contributed by atoms with Crippen molar-refractivity contribution in [3.05, 3.63) is 24.4 Å². The number of carbonyl (C=O) groups excluding carboxylic acids is 1. The Labute approximate surface area is 85.3 Å². The van der Waals surface area contributed by atoms with E-state index in [0.717, 1.165) is 5.39 Å². The van der Waals surface area contributed by atoms with Gasteiger partial charge in [-0.25, -0.2) is 0 Å². The minimum absolute atomic E-state index is 0.176. The monoisotopic (exact) mass is 201 g/mol. The molecule has 5 heteroatoms. The molecule has 0 saturated carbocycles. The van der Waals surface area contributed by atoms with E-state index in [9.17, 15) is 4.79 Å². The summed E-state index contributed by atoms with van der Waals surface area (Å²) in [5, 5.41) is 15.4. The molecule has 0 aliphatic heterocycles. The number of para-hydroxylation sites is 1. The Hall–Kier alpha value is -2.35. The van der Waals surface area contributed by atoms with E-state index in [1.54, 1.807) is 24.4 Å². The molecule has 1 aromatic carbocycles. The van der Waals surface area contributed by atoms with Crippen LogP contribution in [-0.2, 0) is 4.79 Å². The fraction of sp³-hybridized carbons (Fsp3) is 0.100. The van der Waals surface area contributed by atoms with Gasteiger partial charge in [-0.2, -0.15) is 5.26 Å². The summed E-state index contributed by atoms with van der Waals surface area (Å²) >= 11 is 0. The molecule has 0 atom stereocenters. The van der Waals surface area contributed by atoms with Gasteiger partial charge in [0.2, 0.25) is 5.91 Å². The molecule has 0 bridgehead atoms. The number of nitrogens with one attached hydrogen (secondary N) is 1. The number of amides is 1. The molecule has 1 amide bonds. The van der Waals surface area contributed by atoms with Crippen molar-refractivity contribution < 1.29 is 9.32 Å². The van der Waals surface area contributed by atoms with Crippen LogP contribution in [0.3, 0.4) is 0 Å². The molecule has 2 rings (SSSR count). The highest BCUT2D eigenvalue weighted by atomic mass is 16.5. The second kappa shape index (κ2) is 3.80. The Morgan fingerprint density at radius 1 is 1.60 bits per heavy atom. The van der Waals surface area contributed by atoms with Crippen molar-refractivity contribution in [3.8, 4) is 6.07 Å². The Bertz CT molecular complexity index is 539. The summed E-state index contributed by atoms with van der Waals surface area (Å²) in [4.78, 5) is 11.2. The van der Waals surface area contributed by atoms with E-state index in [2.05, 4.69) is 10.5 Å². The molecule has 74 valence electrons. The van der Waals surface area contributed by atoms with Gasteiger partial charge in [-0.3, -0.25) is 4.79 Å². The topological polar surface area (TPSA) is 78.9 Å². The van der Waals surface area contributed by atoms with Crippen LogP contribution in [0, 0.1) is 11.3 Å². The third-order valence-electron chi connectivity index (χ3n) is 1.89. The first-order valence-electron chi connectivity index (χ1n) is 4.31. The lowest BCUT2D eigenvalue weighted by atomic mass is 10.2. The third-order valence-corrected chi connectivity index (χ3v) is 1.89. The molecule has 0 fully saturated rings. The van der Waals surface area contributed by atoms with Gasteiger partial charge in [-0.05, 0) is 12.1 Å². The predicted molar refractivity (Wildman–Crippen MR) is 52.9 cm³/mol. The lowest BCUT2D eigenvalue weighted by Crippen LogP contribution is -2.10. The van der Waals surface area contributed by atoms with Crippen molar-refractivity contribution >= 4 is 22.6 Å². The van der Waals surface area contributed by atoms with Gasteiger partial charge in [-0.15, -0.1) is 0 Å². The Morgan fingerprint density at radius 2 is 2.47 bits per heavy atom. The van der Waals surface area contributed by atoms with Crippen molar-refractivity contribution in [1.29, 1.82) is 5.26 Å². The largest absolute Gasteiger partial charge is 0.354 e. The molecule has 5 nitrogen and oxygen atoms in total. The van der Waals surface area contributed by atoms with E-state index in [4.69, 9.17) is 9.78 Å². The first kappa shape index (κ1) is 9.21. The quantitative estimate of drug-likeness (QED) is 0.801. The van der Waals surface area contributed by atoms with Gasteiger partial charge < -0.3 is 9.84 Å². The summed E-state index contributed by atoms with van der Waals surface area (Å²) < 4.78 is 4.98. The molecule has 1 N–H and O–H groups in total. The van der Waals surface area contributed by atoms with Gasteiger partial charge in [-0.1, -0.05) is 11.2 Å². The lowest BCUT2D eigenvalue weighted by Gasteiger charge is -2.01. The third kappa shape index (κ3) is 1.79. The number of carbonyl (C=O) groups is 1. The van der Waals surface area contributed by atoms with Crippen LogP contribution in [0.5, 0.6) is 0 Å². The number of anilines is 1. The second-order valence-electron chi connectivity index (χ2n) is 2.93. The smallest absolute Gasteiger partial charge is 0.238 e. The minimum Gasteiger partial charge on any atom is -0.354 e. The summed E-state index contributed by atoms with van der Waals surface area (Å²) in [6.07, 6.45) is 1.39. The summed E-state index contributed by atoms with van der Waals surface area (Å²) in [5.41, 5.74) is 1.05. The summed E-state index contributed by atoms with van der Waals surface area (Å²) in [6.45, 7) is 0. The van der Waals surface area contributed by atoms with Crippen molar-refractivity contribution in [2.45, 2.75) is 6.42 Å². The van der Waals surface area contributed by atoms with Crippen molar-refractivity contribution in [2.24, 2.45) is 0 Å². The first-order valence-corrected chi connectivity index (χ1v) is 4.31. The number of nitrogens with zero attached hydrogens (tertiary/aromatic N) is 2. The maximum absolute atomic E-state index is 11.2. The van der Waals surface area contributed by atoms with Crippen LogP contribution in [0.25, 0.3) is 11.0 Å². The van der Waals surface area contributed by atoms with Gasteiger partial charge in [0.25, 0.3) is 0 Å². The summed E-state index contributed by atoms with van der Waals surface area (Å²) in [6, 6.07) is 7.07. The first-order chi connectivity index (χ1) is 7.31. The average molecular weight is 201 g/mol. The number of hydrogen-bond acceptors (Lipinski definition) is 4. The molecule has 0 unspecified atom stereocenters. The standard InChI is InChI=1S/C10H7N3O2/c11-5-4-9(14)13-8-3-1-2-7-6-12-15-10(7)8/h1-3,6H,4H2,(H,13,14). The number of rotatable bonds is 2. The Kier molecular flexibility index (Phi) is 2.33. The highest BCUT2D eigenvalue weighted by molar-refractivity contribution is 5.99. The highest BCUT2D eigenvalue weighted by Gasteiger charge is 2.07. The van der Waals surface area contributed by atoms with Crippen LogP contribution in [-0.4, -0.2) is 11.1 Å². The van der Waals surface area contributed by atoms with Crippen LogP contribution in [0.4, 0.5) is 5.69 Å². The molecule has 2 aromatic rings. The van der Waals surface area contributed by atoms with Crippen molar-refractivity contribution in [3.63, 3.8) is 0 Å². The van der Waals surface area contributed by atoms with Crippen LogP contribution >= 0.6 is 0 Å². The zero-order valence-corrected chi connectivity index (χ0v) is 7.73. The molecule has 15 heavy (non-hydrogen) atoms. The van der Waals surface area contributed by atoms with Crippen LogP contribution in [0.15, 0.2) is 28.9 Å². The van der Waals surface area contributed by atoms with E-state index < -0.39 is 0 Å². The molecule has 0 radical (unpaired) electrons. The second-order valence-corrected chi connectivity index (χ2v) is 2.93. The number of fused-ring (bicyclic) bond motifs is 1. The number of aromatic nitrogens is 1. The summed E-state index contributed by atoms with van der Waals surface area (Å²) in [5.74, 6) is -0.360. The number of nitriles is 1. The number of benzene rings is 1. The lowest BCUT2D eigenvalue weighted by molar-refractivity contribution is -0.115. The molecule has 0 saturated heterocycles. The predicted octanol–water partition coefficient (Wildman–Crippen LogP) is 1.68. The highest BCUT2D eigenvalue weighted by Crippen LogP contribution is 2.22. The average Bonchev–Trinajstić information content (AvgIpc) is 2.67. The van der Waals surface area contributed by atoms with E-state index >= 15 is 0 Å². The Morgan fingerprint density at radius 3 is 3.27 bits per heavy atom. The maximum Gasteiger partial charge on any atom is 0.238 e. The van der Waals surface area contributed by atoms with Crippen LogP contribution in [0.1, 0.15) is 6.42 Å². The van der Waals surface area contributed by atoms with Gasteiger partial charge >= 0.3 is 0 Å². The summed E-state index contributed by atoms with van der Waals surface area (Å²) in [7, 11) is 0. The van der Waals surface area contributed by atoms with Gasteiger partial charge in [0.15, 0.2) is 5.58 Å². The molecule has 0 spiro atoms. The van der Waals surface area contributed by atoms with Crippen LogP contribution < -0.4 is 5.32 Å². The fourth-order valence-electron chi connectivity index (χ4n) is 1.26. The SMILES string of the molecule is N#CCC(=O)Nc1cccc2cnoc12. The van der Waals surface area contributed by atoms with E-state index in [1.807, 2.05) is 6.07 Å². The van der Waals surface area contributed by atoms with E-state index in [1.165, 1.54) is 0 Å². The van der Waals surface area contributed by atoms with Crippen molar-refractivity contribution in [1.82, 2.24) is 5.16 Å². The van der Waals surface area contributed by atoms with E-state index in [-0.39, 0.29) is 12.3 Å². The number of hydrogen-bond donors (Lipinski definition) is 1. The van der Waals surface area contributed by atoms with Gasteiger partial charge in [0.1, 0.15) is 6.42 Å². The molecular weight excluding hydrogens is 194 g/mol. The fourth-order valence-corrected chi connectivity index (χ4v) is 1.26. The molecule has 1 aromatic heterocycles. The molecular formula is C10H7N3O2. The maximum atomic E-state index is 11.2. The normalized spacial score (nSPS) is 9.80. The zero-order chi connectivity index (χ0) is 10.7. The van der Waals surface area contributed by atoms with E-state index in [0.29, 0.717) is 11.3 Å². The van der Waals surface area contributed by atoms with Gasteiger partial charge in [0.05, 0.1) is 18.0 Å². The molecule has 1 heterocycles.